The molecular formula is C21H17FN6O2. The summed E-state index contributed by atoms with van der Waals surface area (Å²) in [5.74, 6) is 1.93. The number of hydrogen-bond donors (Lipinski definition) is 0. The van der Waals surface area contributed by atoms with Crippen molar-refractivity contribution in [1.29, 1.82) is 0 Å². The maximum atomic E-state index is 13.5. The molecule has 2 aliphatic rings. The fraction of sp³-hybridized carbons (Fsp3) is 0.286. The molecule has 0 bridgehead atoms. The summed E-state index contributed by atoms with van der Waals surface area (Å²) in [6.07, 6.45) is 3.18. The highest BCUT2D eigenvalue weighted by Crippen LogP contribution is 2.57. The van der Waals surface area contributed by atoms with E-state index >= 15 is 0 Å². The third-order valence-electron chi connectivity index (χ3n) is 6.06. The Morgan fingerprint density at radius 1 is 1.17 bits per heavy atom. The lowest BCUT2D eigenvalue weighted by Crippen LogP contribution is -2.24. The zero-order valence-electron chi connectivity index (χ0n) is 15.8. The van der Waals surface area contributed by atoms with Gasteiger partial charge in [0.1, 0.15) is 12.4 Å². The van der Waals surface area contributed by atoms with Gasteiger partial charge in [0.15, 0.2) is 5.82 Å². The Labute approximate surface area is 170 Å². The van der Waals surface area contributed by atoms with Crippen molar-refractivity contribution >= 4 is 16.6 Å². The van der Waals surface area contributed by atoms with Crippen molar-refractivity contribution in [2.45, 2.75) is 12.5 Å². The molecule has 1 aliphatic heterocycles. The first-order valence-electron chi connectivity index (χ1n) is 9.81. The van der Waals surface area contributed by atoms with Gasteiger partial charge in [-0.1, -0.05) is 11.2 Å². The fourth-order valence-electron chi connectivity index (χ4n) is 4.52. The van der Waals surface area contributed by atoms with E-state index in [9.17, 15) is 9.18 Å². The Balaban J connectivity index is 1.16. The Kier molecular flexibility index (Phi) is 3.71. The van der Waals surface area contributed by atoms with E-state index < -0.39 is 0 Å². The molecule has 6 rings (SSSR count). The van der Waals surface area contributed by atoms with E-state index in [1.54, 1.807) is 36.7 Å². The Hall–Kier alpha value is -3.62. The molecule has 2 fully saturated rings. The van der Waals surface area contributed by atoms with Gasteiger partial charge in [-0.05, 0) is 42.2 Å². The van der Waals surface area contributed by atoms with Gasteiger partial charge in [-0.25, -0.2) is 9.07 Å². The number of hydrogen-bond acceptors (Lipinski definition) is 7. The predicted octanol–water partition coefficient (Wildman–Crippen LogP) is 2.21. The first kappa shape index (κ1) is 17.3. The molecule has 1 saturated carbocycles. The van der Waals surface area contributed by atoms with Crippen LogP contribution in [0.25, 0.3) is 10.9 Å². The SMILES string of the molecule is O=c1c2cccnc2cnn1Cc1nc(C2[C@H]3CN(c4cccc(F)c4)C[C@@H]23)no1. The van der Waals surface area contributed by atoms with Crippen molar-refractivity contribution in [2.75, 3.05) is 18.0 Å². The van der Waals surface area contributed by atoms with Crippen molar-refractivity contribution in [1.82, 2.24) is 24.9 Å². The number of anilines is 1. The lowest BCUT2D eigenvalue weighted by molar-refractivity contribution is 0.358. The zero-order chi connectivity index (χ0) is 20.2. The maximum Gasteiger partial charge on any atom is 0.276 e. The van der Waals surface area contributed by atoms with E-state index in [-0.39, 0.29) is 23.8 Å². The monoisotopic (exact) mass is 404 g/mol. The van der Waals surface area contributed by atoms with Crippen LogP contribution in [0.4, 0.5) is 10.1 Å². The molecule has 4 heterocycles. The number of rotatable bonds is 4. The second-order valence-corrected chi connectivity index (χ2v) is 7.83. The van der Waals surface area contributed by atoms with Gasteiger partial charge in [-0.2, -0.15) is 10.1 Å². The van der Waals surface area contributed by atoms with Gasteiger partial charge in [0.05, 0.1) is 17.1 Å². The molecule has 0 amide bonds. The van der Waals surface area contributed by atoms with Gasteiger partial charge >= 0.3 is 0 Å². The molecule has 0 radical (unpaired) electrons. The minimum atomic E-state index is -0.241. The summed E-state index contributed by atoms with van der Waals surface area (Å²) in [6.45, 7) is 1.82. The third-order valence-corrected chi connectivity index (χ3v) is 6.06. The number of fused-ring (bicyclic) bond motifs is 2. The molecule has 9 heteroatoms. The van der Waals surface area contributed by atoms with Crippen LogP contribution in [0.5, 0.6) is 0 Å². The molecule has 1 unspecified atom stereocenters. The summed E-state index contributed by atoms with van der Waals surface area (Å²) in [4.78, 5) is 23.4. The van der Waals surface area contributed by atoms with Gasteiger partial charge in [0.2, 0.25) is 5.89 Å². The number of halogens is 1. The van der Waals surface area contributed by atoms with Gasteiger partial charge in [0, 0.05) is 30.9 Å². The van der Waals surface area contributed by atoms with Crippen LogP contribution in [0, 0.1) is 17.7 Å². The molecule has 3 atom stereocenters. The summed E-state index contributed by atoms with van der Waals surface area (Å²) in [6, 6.07) is 10.1. The van der Waals surface area contributed by atoms with Gasteiger partial charge < -0.3 is 9.42 Å². The number of pyridine rings is 1. The predicted molar refractivity (Wildman–Crippen MR) is 106 cm³/mol. The van der Waals surface area contributed by atoms with Gasteiger partial charge in [-0.15, -0.1) is 0 Å². The number of nitrogens with zero attached hydrogens (tertiary/aromatic N) is 6. The lowest BCUT2D eigenvalue weighted by atomic mass is 10.2. The van der Waals surface area contributed by atoms with Crippen molar-refractivity contribution in [3.63, 3.8) is 0 Å². The van der Waals surface area contributed by atoms with Crippen molar-refractivity contribution in [3.8, 4) is 0 Å². The normalized spacial score (nSPS) is 22.4. The number of piperidine rings is 1. The first-order chi connectivity index (χ1) is 14.7. The second kappa shape index (κ2) is 6.45. The molecule has 4 aromatic rings. The summed E-state index contributed by atoms with van der Waals surface area (Å²) >= 11 is 0. The summed E-state index contributed by atoms with van der Waals surface area (Å²) < 4.78 is 20.2. The largest absolute Gasteiger partial charge is 0.371 e. The van der Waals surface area contributed by atoms with Crippen LogP contribution < -0.4 is 10.5 Å². The summed E-state index contributed by atoms with van der Waals surface area (Å²) in [5, 5.41) is 8.80. The molecule has 0 spiro atoms. The second-order valence-electron chi connectivity index (χ2n) is 7.83. The summed E-state index contributed by atoms with van der Waals surface area (Å²) in [7, 11) is 0. The number of benzene rings is 1. The van der Waals surface area contributed by atoms with E-state index in [2.05, 4.69) is 25.1 Å². The lowest BCUT2D eigenvalue weighted by Gasteiger charge is -2.21. The van der Waals surface area contributed by atoms with Crippen molar-refractivity contribution < 1.29 is 8.91 Å². The molecule has 8 nitrogen and oxygen atoms in total. The Morgan fingerprint density at radius 3 is 2.87 bits per heavy atom. The van der Waals surface area contributed by atoms with Crippen LogP contribution >= 0.6 is 0 Å². The van der Waals surface area contributed by atoms with Gasteiger partial charge in [0.25, 0.3) is 5.56 Å². The molecule has 0 N–H and O–H groups in total. The average Bonchev–Trinajstić information content (AvgIpc) is 3.10. The third kappa shape index (κ3) is 2.77. The van der Waals surface area contributed by atoms with Crippen LogP contribution in [-0.4, -0.2) is 38.0 Å². The van der Waals surface area contributed by atoms with E-state index in [0.29, 0.717) is 34.5 Å². The molecular weight excluding hydrogens is 387 g/mol. The molecule has 1 aliphatic carbocycles. The van der Waals surface area contributed by atoms with Crippen LogP contribution in [0.15, 0.2) is 58.1 Å². The molecule has 30 heavy (non-hydrogen) atoms. The molecule has 3 aromatic heterocycles. The van der Waals surface area contributed by atoms with Crippen LogP contribution in [0.3, 0.4) is 0 Å². The average molecular weight is 404 g/mol. The highest BCUT2D eigenvalue weighted by atomic mass is 19.1. The molecule has 1 aromatic carbocycles. The van der Waals surface area contributed by atoms with E-state index in [1.165, 1.54) is 10.7 Å². The van der Waals surface area contributed by atoms with Crippen molar-refractivity contribution in [2.24, 2.45) is 11.8 Å². The minimum absolute atomic E-state index is 0.119. The Bertz CT molecular complexity index is 1310. The zero-order valence-corrected chi connectivity index (χ0v) is 15.8. The van der Waals surface area contributed by atoms with Crippen LogP contribution in [0.2, 0.25) is 0 Å². The van der Waals surface area contributed by atoms with Crippen LogP contribution in [-0.2, 0) is 6.54 Å². The smallest absolute Gasteiger partial charge is 0.276 e. The molecule has 150 valence electrons. The minimum Gasteiger partial charge on any atom is -0.371 e. The van der Waals surface area contributed by atoms with E-state index in [4.69, 9.17) is 4.52 Å². The fourth-order valence-corrected chi connectivity index (χ4v) is 4.52. The Morgan fingerprint density at radius 2 is 2.03 bits per heavy atom. The van der Waals surface area contributed by atoms with E-state index in [1.807, 2.05) is 6.07 Å². The van der Waals surface area contributed by atoms with Crippen molar-refractivity contribution in [3.05, 3.63) is 76.7 Å². The van der Waals surface area contributed by atoms with Crippen LogP contribution in [0.1, 0.15) is 17.6 Å². The maximum absolute atomic E-state index is 13.5. The molecule has 1 saturated heterocycles. The number of aromatic nitrogens is 5. The highest BCUT2D eigenvalue weighted by molar-refractivity contribution is 5.75. The standard InChI is InChI=1S/C21H17FN6O2/c22-12-3-1-4-13(7-12)27-9-15-16(10-27)19(15)20-25-18(30-26-20)11-28-21(29)14-5-2-6-23-17(14)8-24-28/h1-8,15-16,19H,9-11H2/t15-,16+,19?. The quantitative estimate of drug-likeness (QED) is 0.515. The summed E-state index contributed by atoms with van der Waals surface area (Å²) in [5.41, 5.74) is 1.22. The van der Waals surface area contributed by atoms with E-state index in [0.717, 1.165) is 18.8 Å². The topological polar surface area (TPSA) is 89.9 Å². The first-order valence-corrected chi connectivity index (χ1v) is 9.81. The van der Waals surface area contributed by atoms with Gasteiger partial charge in [-0.3, -0.25) is 9.78 Å². The highest BCUT2D eigenvalue weighted by Gasteiger charge is 2.58.